The first-order chi connectivity index (χ1) is 14.2. The van der Waals surface area contributed by atoms with Gasteiger partial charge in [-0.3, -0.25) is 19.2 Å². The molecule has 0 aliphatic heterocycles. The smallest absolute Gasteiger partial charge is 0.306 e. The third-order valence-corrected chi connectivity index (χ3v) is 4.35. The number of hydrogen-bond acceptors (Lipinski definition) is 5. The van der Waals surface area contributed by atoms with Crippen molar-refractivity contribution in [3.05, 3.63) is 52.5 Å². The second-order valence-electron chi connectivity index (χ2n) is 6.14. The van der Waals surface area contributed by atoms with Gasteiger partial charge in [-0.05, 0) is 42.5 Å². The zero-order valence-corrected chi connectivity index (χ0v) is 17.5. The van der Waals surface area contributed by atoms with Gasteiger partial charge in [-0.2, -0.15) is 0 Å². The highest BCUT2D eigenvalue weighted by Crippen LogP contribution is 2.24. The van der Waals surface area contributed by atoms with Crippen molar-refractivity contribution in [3.8, 4) is 0 Å². The number of hydrogen-bond donors (Lipinski definition) is 3. The molecule has 2 aromatic carbocycles. The number of carbonyl (C=O) groups is 4. The third-order valence-electron chi connectivity index (χ3n) is 3.61. The minimum Gasteiger partial charge on any atom is -0.456 e. The van der Waals surface area contributed by atoms with E-state index in [1.165, 1.54) is 19.1 Å². The molecular formula is C20H19Cl2N3O5. The Morgan fingerprint density at radius 2 is 1.33 bits per heavy atom. The van der Waals surface area contributed by atoms with Crippen molar-refractivity contribution >= 4 is 64.0 Å². The van der Waals surface area contributed by atoms with E-state index in [0.29, 0.717) is 22.1 Å². The summed E-state index contributed by atoms with van der Waals surface area (Å²) in [7, 11) is 0. The number of nitrogens with one attached hydrogen (secondary N) is 3. The maximum Gasteiger partial charge on any atom is 0.306 e. The molecule has 2 rings (SSSR count). The predicted octanol–water partition coefficient (Wildman–Crippen LogP) is 3.85. The predicted molar refractivity (Wildman–Crippen MR) is 115 cm³/mol. The molecule has 8 nitrogen and oxygen atoms in total. The highest BCUT2D eigenvalue weighted by molar-refractivity contribution is 6.42. The number of ether oxygens (including phenoxy) is 1. The van der Waals surface area contributed by atoms with Gasteiger partial charge in [-0.25, -0.2) is 0 Å². The van der Waals surface area contributed by atoms with Gasteiger partial charge in [0.1, 0.15) is 0 Å². The van der Waals surface area contributed by atoms with Crippen molar-refractivity contribution in [3.63, 3.8) is 0 Å². The summed E-state index contributed by atoms with van der Waals surface area (Å²) in [5.41, 5.74) is 1.53. The number of esters is 1. The lowest BCUT2D eigenvalue weighted by Crippen LogP contribution is -2.21. The van der Waals surface area contributed by atoms with E-state index in [1.807, 2.05) is 0 Å². The molecule has 0 unspecified atom stereocenters. The molecule has 0 radical (unpaired) electrons. The standard InChI is InChI=1S/C20H19Cl2N3O5/c1-12(26)23-13-2-4-14(5-3-13)24-18(27)8-9-20(29)30-11-19(28)25-15-6-7-16(21)17(22)10-15/h2-7,10H,8-9,11H2,1H3,(H,23,26)(H,24,27)(H,25,28). The molecule has 0 aromatic heterocycles. The van der Waals surface area contributed by atoms with Gasteiger partial charge >= 0.3 is 5.97 Å². The van der Waals surface area contributed by atoms with Gasteiger partial charge in [-0.1, -0.05) is 23.2 Å². The lowest BCUT2D eigenvalue weighted by molar-refractivity contribution is -0.147. The van der Waals surface area contributed by atoms with Crippen LogP contribution in [0.1, 0.15) is 19.8 Å². The first kappa shape index (κ1) is 23.2. The topological polar surface area (TPSA) is 114 Å². The molecule has 158 valence electrons. The zero-order valence-electron chi connectivity index (χ0n) is 16.0. The fraction of sp³-hybridized carbons (Fsp3) is 0.200. The van der Waals surface area contributed by atoms with E-state index in [-0.39, 0.29) is 29.7 Å². The maximum atomic E-state index is 11.9. The SMILES string of the molecule is CC(=O)Nc1ccc(NC(=O)CCC(=O)OCC(=O)Nc2ccc(Cl)c(Cl)c2)cc1. The molecule has 3 N–H and O–H groups in total. The Kier molecular flexibility index (Phi) is 8.64. The van der Waals surface area contributed by atoms with Crippen LogP contribution in [0.2, 0.25) is 10.0 Å². The molecule has 3 amide bonds. The van der Waals surface area contributed by atoms with Crippen LogP contribution in [-0.2, 0) is 23.9 Å². The summed E-state index contributed by atoms with van der Waals surface area (Å²) in [6.07, 6.45) is -0.295. The van der Waals surface area contributed by atoms with E-state index in [0.717, 1.165) is 0 Å². The van der Waals surface area contributed by atoms with Crippen LogP contribution in [0, 0.1) is 0 Å². The molecule has 0 heterocycles. The van der Waals surface area contributed by atoms with Gasteiger partial charge in [0, 0.05) is 30.4 Å². The van der Waals surface area contributed by atoms with Crippen LogP contribution in [-0.4, -0.2) is 30.3 Å². The molecule has 30 heavy (non-hydrogen) atoms. The van der Waals surface area contributed by atoms with Crippen LogP contribution >= 0.6 is 23.2 Å². The van der Waals surface area contributed by atoms with E-state index in [9.17, 15) is 19.2 Å². The molecule has 0 fully saturated rings. The van der Waals surface area contributed by atoms with Crippen molar-refractivity contribution in [2.45, 2.75) is 19.8 Å². The molecule has 0 spiro atoms. The number of carbonyl (C=O) groups excluding carboxylic acids is 4. The molecule has 2 aromatic rings. The lowest BCUT2D eigenvalue weighted by atomic mass is 10.2. The number of rotatable bonds is 8. The van der Waals surface area contributed by atoms with E-state index < -0.39 is 18.5 Å². The molecule has 0 atom stereocenters. The Morgan fingerprint density at radius 3 is 1.93 bits per heavy atom. The van der Waals surface area contributed by atoms with Gasteiger partial charge < -0.3 is 20.7 Å². The fourth-order valence-electron chi connectivity index (χ4n) is 2.27. The highest BCUT2D eigenvalue weighted by atomic mass is 35.5. The highest BCUT2D eigenvalue weighted by Gasteiger charge is 2.11. The minimum atomic E-state index is -0.685. The van der Waals surface area contributed by atoms with Gasteiger partial charge in [0.15, 0.2) is 6.61 Å². The second-order valence-corrected chi connectivity index (χ2v) is 6.96. The van der Waals surface area contributed by atoms with Gasteiger partial charge in [0.2, 0.25) is 11.8 Å². The number of benzene rings is 2. The van der Waals surface area contributed by atoms with E-state index in [2.05, 4.69) is 16.0 Å². The van der Waals surface area contributed by atoms with E-state index in [4.69, 9.17) is 27.9 Å². The van der Waals surface area contributed by atoms with Crippen molar-refractivity contribution in [2.24, 2.45) is 0 Å². The Labute approximate surface area is 182 Å². The average molecular weight is 452 g/mol. The largest absolute Gasteiger partial charge is 0.456 e. The van der Waals surface area contributed by atoms with Crippen molar-refractivity contribution < 1.29 is 23.9 Å². The Hall–Kier alpha value is -3.10. The molecule has 0 aliphatic carbocycles. The average Bonchev–Trinajstić information content (AvgIpc) is 2.69. The van der Waals surface area contributed by atoms with E-state index >= 15 is 0 Å². The Balaban J connectivity index is 1.69. The zero-order chi connectivity index (χ0) is 22.1. The summed E-state index contributed by atoms with van der Waals surface area (Å²) in [5, 5.41) is 8.38. The van der Waals surface area contributed by atoms with Crippen molar-refractivity contribution in [1.29, 1.82) is 0 Å². The van der Waals surface area contributed by atoms with Crippen LogP contribution in [0.5, 0.6) is 0 Å². The summed E-state index contributed by atoms with van der Waals surface area (Å²) in [6.45, 7) is 0.900. The summed E-state index contributed by atoms with van der Waals surface area (Å²) < 4.78 is 4.85. The molecule has 0 aliphatic rings. The number of halogens is 2. The Bertz CT molecular complexity index is 948. The quantitative estimate of drug-likeness (QED) is 0.527. The molecule has 0 saturated carbocycles. The summed E-state index contributed by atoms with van der Waals surface area (Å²) >= 11 is 11.7. The maximum absolute atomic E-state index is 11.9. The summed E-state index contributed by atoms with van der Waals surface area (Å²) in [6, 6.07) is 11.1. The van der Waals surface area contributed by atoms with E-state index in [1.54, 1.807) is 30.3 Å². The molecule has 0 saturated heterocycles. The first-order valence-electron chi connectivity index (χ1n) is 8.81. The van der Waals surface area contributed by atoms with Crippen molar-refractivity contribution in [2.75, 3.05) is 22.6 Å². The summed E-state index contributed by atoms with van der Waals surface area (Å²) in [4.78, 5) is 46.5. The van der Waals surface area contributed by atoms with Gasteiger partial charge in [-0.15, -0.1) is 0 Å². The van der Waals surface area contributed by atoms with Crippen LogP contribution in [0.3, 0.4) is 0 Å². The van der Waals surface area contributed by atoms with Crippen LogP contribution in [0.4, 0.5) is 17.1 Å². The molecule has 0 bridgehead atoms. The number of amides is 3. The van der Waals surface area contributed by atoms with Crippen LogP contribution < -0.4 is 16.0 Å². The second kappa shape index (κ2) is 11.2. The normalized spacial score (nSPS) is 10.1. The fourth-order valence-corrected chi connectivity index (χ4v) is 2.57. The monoisotopic (exact) mass is 451 g/mol. The van der Waals surface area contributed by atoms with Crippen LogP contribution in [0.25, 0.3) is 0 Å². The summed E-state index contributed by atoms with van der Waals surface area (Å²) in [5.74, 6) is -1.82. The first-order valence-corrected chi connectivity index (χ1v) is 9.56. The van der Waals surface area contributed by atoms with Crippen LogP contribution in [0.15, 0.2) is 42.5 Å². The molecule has 10 heteroatoms. The Morgan fingerprint density at radius 1 is 0.767 bits per heavy atom. The molecular weight excluding hydrogens is 433 g/mol. The van der Waals surface area contributed by atoms with Gasteiger partial charge in [0.05, 0.1) is 16.5 Å². The minimum absolute atomic E-state index is 0.110. The number of anilines is 3. The third kappa shape index (κ3) is 8.10. The van der Waals surface area contributed by atoms with Crippen molar-refractivity contribution in [1.82, 2.24) is 0 Å². The lowest BCUT2D eigenvalue weighted by Gasteiger charge is -2.08. The van der Waals surface area contributed by atoms with Gasteiger partial charge in [0.25, 0.3) is 5.91 Å².